The minimum Gasteiger partial charge on any atom is -0.384 e. The summed E-state index contributed by atoms with van der Waals surface area (Å²) in [5.74, 6) is 4.90. The van der Waals surface area contributed by atoms with E-state index in [9.17, 15) is 0 Å². The number of nitriles is 1. The van der Waals surface area contributed by atoms with Crippen molar-refractivity contribution >= 4 is 5.84 Å². The molecule has 0 saturated heterocycles. The predicted molar refractivity (Wildman–Crippen MR) is 49.9 cm³/mol. The number of hydrogen-bond acceptors (Lipinski definition) is 2. The van der Waals surface area contributed by atoms with Crippen molar-refractivity contribution in [1.82, 2.24) is 0 Å². The zero-order valence-corrected chi connectivity index (χ0v) is 6.83. The van der Waals surface area contributed by atoms with Gasteiger partial charge >= 0.3 is 0 Å². The molecule has 3 nitrogen and oxygen atoms in total. The van der Waals surface area contributed by atoms with Gasteiger partial charge in [-0.3, -0.25) is 5.41 Å². The van der Waals surface area contributed by atoms with Gasteiger partial charge in [-0.2, -0.15) is 5.26 Å². The minimum absolute atomic E-state index is 0.000563. The molecule has 0 atom stereocenters. The van der Waals surface area contributed by atoms with E-state index in [0.29, 0.717) is 11.1 Å². The molecule has 0 spiro atoms. The number of benzene rings is 1. The highest BCUT2D eigenvalue weighted by atomic mass is 14.7. The van der Waals surface area contributed by atoms with Gasteiger partial charge in [-0.1, -0.05) is 18.1 Å². The average molecular weight is 169 g/mol. The smallest absolute Gasteiger partial charge is 0.152 e. The Morgan fingerprint density at radius 2 is 2.23 bits per heavy atom. The number of rotatable bonds is 1. The number of nitrogens with two attached hydrogens (primary N) is 1. The van der Waals surface area contributed by atoms with Crippen LogP contribution in [0.3, 0.4) is 0 Å². The fourth-order valence-corrected chi connectivity index (χ4v) is 0.865. The number of hydrogen-bond donors (Lipinski definition) is 2. The van der Waals surface area contributed by atoms with Gasteiger partial charge in [-0.15, -0.1) is 0 Å². The van der Waals surface area contributed by atoms with Crippen LogP contribution < -0.4 is 5.73 Å². The summed E-state index contributed by atoms with van der Waals surface area (Å²) < 4.78 is 0. The van der Waals surface area contributed by atoms with E-state index in [0.717, 1.165) is 0 Å². The lowest BCUT2D eigenvalue weighted by molar-refractivity contribution is 1.42. The molecule has 0 aliphatic carbocycles. The predicted octanol–water partition coefficient (Wildman–Crippen LogP) is 0.846. The number of nitrogen functional groups attached to an aromatic ring is 1. The highest BCUT2D eigenvalue weighted by Crippen LogP contribution is 2.02. The van der Waals surface area contributed by atoms with E-state index in [4.69, 9.17) is 16.4 Å². The van der Waals surface area contributed by atoms with Gasteiger partial charge in [0.25, 0.3) is 0 Å². The molecule has 62 valence electrons. The lowest BCUT2D eigenvalue weighted by atomic mass is 10.1. The second-order valence-electron chi connectivity index (χ2n) is 2.36. The highest BCUT2D eigenvalue weighted by Gasteiger charge is 1.95. The van der Waals surface area contributed by atoms with Crippen LogP contribution in [0.25, 0.3) is 0 Å². The molecule has 0 amide bonds. The molecule has 0 unspecified atom stereocenters. The largest absolute Gasteiger partial charge is 0.384 e. The van der Waals surface area contributed by atoms with Crippen LogP contribution in [0.4, 0.5) is 0 Å². The molecule has 0 heterocycles. The Morgan fingerprint density at radius 1 is 1.46 bits per heavy atom. The summed E-state index contributed by atoms with van der Waals surface area (Å²) in [6.07, 6.45) is 0. The van der Waals surface area contributed by atoms with Crippen molar-refractivity contribution in [1.29, 1.82) is 10.7 Å². The molecule has 0 bridgehead atoms. The van der Waals surface area contributed by atoms with Gasteiger partial charge in [-0.25, -0.2) is 0 Å². The van der Waals surface area contributed by atoms with Crippen LogP contribution in [0.15, 0.2) is 24.3 Å². The summed E-state index contributed by atoms with van der Waals surface area (Å²) in [6.45, 7) is 0. The van der Waals surface area contributed by atoms with E-state index in [-0.39, 0.29) is 5.84 Å². The van der Waals surface area contributed by atoms with Gasteiger partial charge in [0.2, 0.25) is 0 Å². The third-order valence-corrected chi connectivity index (χ3v) is 1.44. The van der Waals surface area contributed by atoms with Gasteiger partial charge in [-0.05, 0) is 12.1 Å². The molecule has 0 aliphatic heterocycles. The molecule has 0 saturated carbocycles. The first-order chi connectivity index (χ1) is 6.24. The van der Waals surface area contributed by atoms with E-state index >= 15 is 0 Å². The molecular formula is C10H7N3. The Bertz CT molecular complexity index is 429. The second kappa shape index (κ2) is 3.94. The maximum absolute atomic E-state index is 8.22. The van der Waals surface area contributed by atoms with Crippen LogP contribution in [0.5, 0.6) is 0 Å². The molecule has 0 aliphatic rings. The van der Waals surface area contributed by atoms with Crippen LogP contribution in [0, 0.1) is 28.6 Å². The van der Waals surface area contributed by atoms with Crippen molar-refractivity contribution in [3.63, 3.8) is 0 Å². The van der Waals surface area contributed by atoms with Gasteiger partial charge in [0.05, 0.1) is 0 Å². The van der Waals surface area contributed by atoms with E-state index < -0.39 is 0 Å². The van der Waals surface area contributed by atoms with Crippen LogP contribution in [0.1, 0.15) is 11.1 Å². The Labute approximate surface area is 76.3 Å². The van der Waals surface area contributed by atoms with Crippen molar-refractivity contribution in [2.24, 2.45) is 5.73 Å². The lowest BCUT2D eigenvalue weighted by Gasteiger charge is -1.96. The summed E-state index contributed by atoms with van der Waals surface area (Å²) in [6, 6.07) is 8.62. The fourth-order valence-electron chi connectivity index (χ4n) is 0.865. The molecule has 1 aromatic rings. The van der Waals surface area contributed by atoms with Crippen LogP contribution in [-0.4, -0.2) is 5.84 Å². The maximum atomic E-state index is 8.22. The van der Waals surface area contributed by atoms with Gasteiger partial charge < -0.3 is 5.73 Å². The molecule has 0 aromatic heterocycles. The summed E-state index contributed by atoms with van der Waals surface area (Å²) in [7, 11) is 0. The standard InChI is InChI=1S/C10H7N3/c11-6-2-4-8-3-1-5-9(7-8)10(12)13/h1,3,5,7H,(H3,12,13). The summed E-state index contributed by atoms with van der Waals surface area (Å²) in [4.78, 5) is 0. The van der Waals surface area contributed by atoms with Crippen LogP contribution in [0.2, 0.25) is 0 Å². The Hall–Kier alpha value is -2.26. The molecule has 3 N–H and O–H groups in total. The first-order valence-corrected chi connectivity index (χ1v) is 3.58. The Balaban J connectivity index is 3.07. The van der Waals surface area contributed by atoms with Gasteiger partial charge in [0, 0.05) is 17.0 Å². The summed E-state index contributed by atoms with van der Waals surface area (Å²) >= 11 is 0. The monoisotopic (exact) mass is 169 g/mol. The van der Waals surface area contributed by atoms with Crippen molar-refractivity contribution < 1.29 is 0 Å². The average Bonchev–Trinajstić information content (AvgIpc) is 2.15. The quantitative estimate of drug-likeness (QED) is 0.371. The van der Waals surface area contributed by atoms with Crippen molar-refractivity contribution in [3.05, 3.63) is 35.4 Å². The summed E-state index contributed by atoms with van der Waals surface area (Å²) in [5.41, 5.74) is 6.59. The maximum Gasteiger partial charge on any atom is 0.152 e. The number of amidine groups is 1. The van der Waals surface area contributed by atoms with E-state index in [2.05, 4.69) is 11.8 Å². The molecule has 1 aromatic carbocycles. The van der Waals surface area contributed by atoms with Crippen molar-refractivity contribution in [2.75, 3.05) is 0 Å². The third kappa shape index (κ3) is 2.36. The molecule has 0 radical (unpaired) electrons. The van der Waals surface area contributed by atoms with E-state index in [1.165, 1.54) is 0 Å². The molecular weight excluding hydrogens is 162 g/mol. The molecule has 1 rings (SSSR count). The van der Waals surface area contributed by atoms with Crippen molar-refractivity contribution in [2.45, 2.75) is 0 Å². The van der Waals surface area contributed by atoms with E-state index in [1.807, 2.05) is 0 Å². The second-order valence-corrected chi connectivity index (χ2v) is 2.36. The third-order valence-electron chi connectivity index (χ3n) is 1.44. The van der Waals surface area contributed by atoms with Gasteiger partial charge in [0.15, 0.2) is 6.07 Å². The Kier molecular flexibility index (Phi) is 2.68. The highest BCUT2D eigenvalue weighted by molar-refractivity contribution is 5.95. The Morgan fingerprint density at radius 3 is 2.85 bits per heavy atom. The molecule has 3 heteroatoms. The normalized spacial score (nSPS) is 7.92. The van der Waals surface area contributed by atoms with Crippen molar-refractivity contribution in [3.8, 4) is 17.9 Å². The minimum atomic E-state index is 0.000563. The fraction of sp³-hybridized carbons (Fsp3) is 0. The van der Waals surface area contributed by atoms with E-state index in [1.54, 1.807) is 30.3 Å². The van der Waals surface area contributed by atoms with Crippen LogP contribution in [-0.2, 0) is 0 Å². The zero-order valence-electron chi connectivity index (χ0n) is 6.83. The van der Waals surface area contributed by atoms with Gasteiger partial charge in [0.1, 0.15) is 5.84 Å². The first kappa shape index (κ1) is 8.83. The zero-order chi connectivity index (χ0) is 9.68. The topological polar surface area (TPSA) is 73.7 Å². The number of nitrogens with one attached hydrogen (secondary N) is 1. The SMILES string of the molecule is N#CC#Cc1cccc(C(=N)N)c1. The van der Waals surface area contributed by atoms with Crippen LogP contribution >= 0.6 is 0 Å². The molecule has 0 fully saturated rings. The first-order valence-electron chi connectivity index (χ1n) is 3.58. The lowest BCUT2D eigenvalue weighted by Crippen LogP contribution is -2.10. The summed E-state index contributed by atoms with van der Waals surface area (Å²) in [5, 5.41) is 15.4. The number of nitrogens with zero attached hydrogens (tertiary/aromatic N) is 1. The molecule has 13 heavy (non-hydrogen) atoms.